The van der Waals surface area contributed by atoms with Gasteiger partial charge in [-0.25, -0.2) is 0 Å². The van der Waals surface area contributed by atoms with Crippen LogP contribution in [0.25, 0.3) is 0 Å². The van der Waals surface area contributed by atoms with Gasteiger partial charge in [0.1, 0.15) is 17.2 Å². The Kier molecular flexibility index (Phi) is 3.71. The van der Waals surface area contributed by atoms with Crippen LogP contribution < -0.4 is 5.32 Å². The third-order valence-electron chi connectivity index (χ3n) is 2.88. The van der Waals surface area contributed by atoms with E-state index < -0.39 is 4.92 Å². The number of aryl methyl sites for hydroxylation is 1. The molecule has 1 aromatic heterocycles. The van der Waals surface area contributed by atoms with Gasteiger partial charge in [-0.05, 0) is 38.1 Å². The summed E-state index contributed by atoms with van der Waals surface area (Å²) < 4.78 is 5.48. The first-order chi connectivity index (χ1) is 9.51. The Morgan fingerprint density at radius 2 is 2.15 bits per heavy atom. The molecule has 0 saturated carbocycles. The molecule has 0 saturated heterocycles. The monoisotopic (exact) mass is 271 g/mol. The molecule has 1 N–H and O–H groups in total. The van der Waals surface area contributed by atoms with Crippen LogP contribution in [0, 0.1) is 28.4 Å². The largest absolute Gasteiger partial charge is 0.464 e. The maximum Gasteiger partial charge on any atom is 0.293 e. The molecule has 2 aromatic rings. The van der Waals surface area contributed by atoms with Crippen LogP contribution in [-0.2, 0) is 0 Å². The topological polar surface area (TPSA) is 92.1 Å². The molecule has 0 fully saturated rings. The van der Waals surface area contributed by atoms with Crippen LogP contribution in [-0.4, -0.2) is 4.92 Å². The highest BCUT2D eigenvalue weighted by Crippen LogP contribution is 2.29. The summed E-state index contributed by atoms with van der Waals surface area (Å²) >= 11 is 0. The van der Waals surface area contributed by atoms with Gasteiger partial charge >= 0.3 is 0 Å². The normalized spacial score (nSPS) is 11.7. The number of rotatable bonds is 4. The van der Waals surface area contributed by atoms with E-state index >= 15 is 0 Å². The van der Waals surface area contributed by atoms with Crippen LogP contribution in [0.3, 0.4) is 0 Å². The third-order valence-corrected chi connectivity index (χ3v) is 2.88. The molecule has 6 nitrogen and oxygen atoms in total. The zero-order valence-corrected chi connectivity index (χ0v) is 11.1. The fourth-order valence-electron chi connectivity index (χ4n) is 1.86. The lowest BCUT2D eigenvalue weighted by atomic mass is 10.1. The molecule has 0 aliphatic heterocycles. The number of benzene rings is 1. The highest BCUT2D eigenvalue weighted by molar-refractivity contribution is 5.64. The van der Waals surface area contributed by atoms with Gasteiger partial charge in [-0.3, -0.25) is 10.1 Å². The Balaban J connectivity index is 2.29. The first-order valence-electron chi connectivity index (χ1n) is 6.02. The Morgan fingerprint density at radius 3 is 2.70 bits per heavy atom. The molecule has 1 heterocycles. The van der Waals surface area contributed by atoms with E-state index in [-0.39, 0.29) is 17.3 Å². The Hall–Kier alpha value is -2.81. The predicted octanol–water partition coefficient (Wildman–Crippen LogP) is 3.54. The van der Waals surface area contributed by atoms with Crippen LogP contribution in [0.2, 0.25) is 0 Å². The number of hydrogen-bond donors (Lipinski definition) is 1. The number of nitro benzene ring substituents is 1. The number of hydrogen-bond acceptors (Lipinski definition) is 5. The molecule has 102 valence electrons. The molecule has 1 unspecified atom stereocenters. The van der Waals surface area contributed by atoms with Gasteiger partial charge in [0.15, 0.2) is 0 Å². The smallest absolute Gasteiger partial charge is 0.293 e. The molecule has 0 amide bonds. The van der Waals surface area contributed by atoms with Crippen LogP contribution in [0.15, 0.2) is 34.7 Å². The molecule has 0 aliphatic carbocycles. The molecule has 0 bridgehead atoms. The van der Waals surface area contributed by atoms with Crippen molar-refractivity contribution in [1.29, 1.82) is 5.26 Å². The maximum atomic E-state index is 11.0. The van der Waals surface area contributed by atoms with Crippen LogP contribution in [0.1, 0.15) is 30.0 Å². The fourth-order valence-corrected chi connectivity index (χ4v) is 1.86. The number of anilines is 1. The van der Waals surface area contributed by atoms with Crippen molar-refractivity contribution in [1.82, 2.24) is 0 Å². The van der Waals surface area contributed by atoms with Gasteiger partial charge in [0.2, 0.25) is 0 Å². The van der Waals surface area contributed by atoms with Gasteiger partial charge in [0.05, 0.1) is 22.6 Å². The SMILES string of the molecule is Cc1ccc(C(C)Nc2ccc(C#N)cc2[N+](=O)[O-])o1. The second-order valence-corrected chi connectivity index (χ2v) is 4.42. The summed E-state index contributed by atoms with van der Waals surface area (Å²) in [6.07, 6.45) is 0. The molecule has 0 spiro atoms. The van der Waals surface area contributed by atoms with E-state index in [9.17, 15) is 10.1 Å². The zero-order valence-electron chi connectivity index (χ0n) is 11.1. The van der Waals surface area contributed by atoms with Crippen molar-refractivity contribution in [3.63, 3.8) is 0 Å². The van der Waals surface area contributed by atoms with Gasteiger partial charge in [-0.15, -0.1) is 0 Å². The third kappa shape index (κ3) is 2.78. The molecule has 2 rings (SSSR count). The minimum Gasteiger partial charge on any atom is -0.464 e. The van der Waals surface area contributed by atoms with Gasteiger partial charge in [0.25, 0.3) is 5.69 Å². The molecule has 1 aromatic carbocycles. The first-order valence-corrected chi connectivity index (χ1v) is 6.02. The average Bonchev–Trinajstić information content (AvgIpc) is 2.85. The summed E-state index contributed by atoms with van der Waals surface area (Å²) in [5, 5.41) is 22.9. The van der Waals surface area contributed by atoms with E-state index in [1.54, 1.807) is 0 Å². The van der Waals surface area contributed by atoms with Crippen molar-refractivity contribution in [3.05, 3.63) is 57.5 Å². The van der Waals surface area contributed by atoms with E-state index in [2.05, 4.69) is 5.32 Å². The summed E-state index contributed by atoms with van der Waals surface area (Å²) in [7, 11) is 0. The summed E-state index contributed by atoms with van der Waals surface area (Å²) in [5.41, 5.74) is 0.485. The zero-order chi connectivity index (χ0) is 14.7. The summed E-state index contributed by atoms with van der Waals surface area (Å²) in [4.78, 5) is 10.5. The minimum atomic E-state index is -0.511. The maximum absolute atomic E-state index is 11.0. The van der Waals surface area contributed by atoms with E-state index in [0.29, 0.717) is 11.4 Å². The second kappa shape index (κ2) is 5.45. The number of furan rings is 1. The molecule has 1 atom stereocenters. The molecular weight excluding hydrogens is 258 g/mol. The van der Waals surface area contributed by atoms with E-state index in [4.69, 9.17) is 9.68 Å². The molecule has 6 heteroatoms. The molecule has 0 radical (unpaired) electrons. The summed E-state index contributed by atoms with van der Waals surface area (Å²) in [5.74, 6) is 1.48. The van der Waals surface area contributed by atoms with Crippen molar-refractivity contribution in [3.8, 4) is 6.07 Å². The van der Waals surface area contributed by atoms with Crippen molar-refractivity contribution >= 4 is 11.4 Å². The molecule has 0 aliphatic rings. The number of nitrogens with one attached hydrogen (secondary N) is 1. The lowest BCUT2D eigenvalue weighted by molar-refractivity contribution is -0.384. The van der Waals surface area contributed by atoms with Crippen molar-refractivity contribution in [2.24, 2.45) is 0 Å². The average molecular weight is 271 g/mol. The highest BCUT2D eigenvalue weighted by atomic mass is 16.6. The van der Waals surface area contributed by atoms with E-state index in [1.807, 2.05) is 32.0 Å². The Bertz CT molecular complexity index is 685. The van der Waals surface area contributed by atoms with Crippen LogP contribution in [0.5, 0.6) is 0 Å². The number of nitriles is 1. The summed E-state index contributed by atoms with van der Waals surface area (Å²) in [6, 6.07) is 9.65. The quantitative estimate of drug-likeness (QED) is 0.678. The molecule has 20 heavy (non-hydrogen) atoms. The van der Waals surface area contributed by atoms with Gasteiger partial charge < -0.3 is 9.73 Å². The lowest BCUT2D eigenvalue weighted by Gasteiger charge is -2.13. The Labute approximate surface area is 115 Å². The van der Waals surface area contributed by atoms with E-state index in [1.165, 1.54) is 18.2 Å². The number of nitrogens with zero attached hydrogens (tertiary/aromatic N) is 2. The van der Waals surface area contributed by atoms with Gasteiger partial charge in [-0.2, -0.15) is 5.26 Å². The van der Waals surface area contributed by atoms with Crippen LogP contribution in [0.4, 0.5) is 11.4 Å². The van der Waals surface area contributed by atoms with Crippen molar-refractivity contribution < 1.29 is 9.34 Å². The molecular formula is C14H13N3O3. The lowest BCUT2D eigenvalue weighted by Crippen LogP contribution is -2.07. The minimum absolute atomic E-state index is 0.126. The van der Waals surface area contributed by atoms with E-state index in [0.717, 1.165) is 5.76 Å². The number of nitro groups is 1. The Morgan fingerprint density at radius 1 is 1.40 bits per heavy atom. The van der Waals surface area contributed by atoms with Crippen LogP contribution >= 0.6 is 0 Å². The van der Waals surface area contributed by atoms with Crippen molar-refractivity contribution in [2.45, 2.75) is 19.9 Å². The second-order valence-electron chi connectivity index (χ2n) is 4.42. The first kappa shape index (κ1) is 13.6. The summed E-state index contributed by atoms with van der Waals surface area (Å²) in [6.45, 7) is 3.68. The van der Waals surface area contributed by atoms with Gasteiger partial charge in [0, 0.05) is 6.07 Å². The highest BCUT2D eigenvalue weighted by Gasteiger charge is 2.18. The standard InChI is InChI=1S/C14H13N3O3/c1-9-3-6-14(20-9)10(2)16-12-5-4-11(8-15)7-13(12)17(18)19/h3-7,10,16H,1-2H3. The van der Waals surface area contributed by atoms with Crippen molar-refractivity contribution in [2.75, 3.05) is 5.32 Å². The predicted molar refractivity (Wildman–Crippen MR) is 73.3 cm³/mol. The van der Waals surface area contributed by atoms with Gasteiger partial charge in [-0.1, -0.05) is 0 Å². The fraction of sp³-hybridized carbons (Fsp3) is 0.214.